The van der Waals surface area contributed by atoms with E-state index in [-0.39, 0.29) is 34.8 Å². The van der Waals surface area contributed by atoms with Gasteiger partial charge in [-0.15, -0.1) is 13.2 Å². The monoisotopic (exact) mass is 542 g/mol. The fourth-order valence-corrected chi connectivity index (χ4v) is 4.14. The summed E-state index contributed by atoms with van der Waals surface area (Å²) in [4.78, 5) is 38.0. The maximum absolute atomic E-state index is 13.2. The molecule has 3 rings (SSSR count). The van der Waals surface area contributed by atoms with E-state index >= 15 is 0 Å². The Balaban J connectivity index is 1.82. The molecule has 0 saturated carbocycles. The van der Waals surface area contributed by atoms with E-state index in [1.807, 2.05) is 0 Å². The van der Waals surface area contributed by atoms with E-state index in [0.29, 0.717) is 12.9 Å². The van der Waals surface area contributed by atoms with Gasteiger partial charge >= 0.3 is 12.5 Å². The van der Waals surface area contributed by atoms with Crippen LogP contribution >= 0.6 is 11.6 Å². The number of amides is 2. The maximum Gasteiger partial charge on any atom is 0.573 e. The van der Waals surface area contributed by atoms with Crippen LogP contribution in [0.1, 0.15) is 33.6 Å². The van der Waals surface area contributed by atoms with Crippen molar-refractivity contribution >= 4 is 35.8 Å². The quantitative estimate of drug-likeness (QED) is 0.465. The predicted molar refractivity (Wildman–Crippen MR) is 129 cm³/mol. The number of benzene rings is 2. The van der Waals surface area contributed by atoms with Crippen molar-refractivity contribution in [3.05, 3.63) is 47.5 Å². The number of likely N-dealkylation sites (tertiary alicyclic amines) is 1. The third-order valence-electron chi connectivity index (χ3n) is 5.37. The maximum atomic E-state index is 13.2. The van der Waals surface area contributed by atoms with E-state index in [0.717, 1.165) is 0 Å². The number of hydrogen-bond acceptors (Lipinski definition) is 6. The van der Waals surface area contributed by atoms with E-state index in [1.165, 1.54) is 47.4 Å². The zero-order valence-corrected chi connectivity index (χ0v) is 21.1. The van der Waals surface area contributed by atoms with Gasteiger partial charge in [-0.05, 0) is 39.0 Å². The van der Waals surface area contributed by atoms with Crippen LogP contribution in [0.5, 0.6) is 5.75 Å². The zero-order valence-electron chi connectivity index (χ0n) is 20.3. The highest BCUT2D eigenvalue weighted by Gasteiger charge is 2.39. The van der Waals surface area contributed by atoms with Crippen LogP contribution in [-0.4, -0.2) is 54.0 Å². The van der Waals surface area contributed by atoms with Crippen LogP contribution in [0.2, 0.25) is 5.02 Å². The Hall–Kier alpha value is -3.47. The fourth-order valence-electron chi connectivity index (χ4n) is 3.86. The number of carbonyl (C=O) groups excluding carboxylic acids is 3. The number of halogens is 4. The van der Waals surface area contributed by atoms with Crippen LogP contribution in [0, 0.1) is 0 Å². The molecule has 0 radical (unpaired) electrons. The van der Waals surface area contributed by atoms with Gasteiger partial charge in [0.05, 0.1) is 5.02 Å². The molecule has 0 spiro atoms. The highest BCUT2D eigenvalue weighted by molar-refractivity contribution is 6.33. The molecule has 2 amide bonds. The zero-order chi connectivity index (χ0) is 27.4. The largest absolute Gasteiger partial charge is 0.573 e. The first-order valence-electron chi connectivity index (χ1n) is 11.3. The molecular formula is C25H26ClF3N2O6. The Morgan fingerprint density at radius 3 is 2.43 bits per heavy atom. The highest BCUT2D eigenvalue weighted by Crippen LogP contribution is 2.38. The van der Waals surface area contributed by atoms with Crippen LogP contribution in [0.15, 0.2) is 42.5 Å². The van der Waals surface area contributed by atoms with Gasteiger partial charge in [-0.3, -0.25) is 14.5 Å². The average Bonchev–Trinajstić information content (AvgIpc) is 2.78. The number of nitrogens with one attached hydrogen (secondary N) is 1. The van der Waals surface area contributed by atoms with E-state index < -0.39 is 41.9 Å². The van der Waals surface area contributed by atoms with Gasteiger partial charge < -0.3 is 19.5 Å². The van der Waals surface area contributed by atoms with Crippen LogP contribution < -0.4 is 10.1 Å². The lowest BCUT2D eigenvalue weighted by atomic mass is 9.98. The van der Waals surface area contributed by atoms with Crippen molar-refractivity contribution < 1.29 is 41.8 Å². The molecule has 1 aliphatic rings. The number of hydrogen-bond donors (Lipinski definition) is 1. The molecule has 0 aromatic heterocycles. The van der Waals surface area contributed by atoms with Crippen molar-refractivity contribution in [2.24, 2.45) is 0 Å². The van der Waals surface area contributed by atoms with Crippen molar-refractivity contribution in [3.63, 3.8) is 0 Å². The van der Waals surface area contributed by atoms with Crippen molar-refractivity contribution in [3.8, 4) is 16.9 Å². The second-order valence-corrected chi connectivity index (χ2v) is 9.70. The molecular weight excluding hydrogens is 517 g/mol. The van der Waals surface area contributed by atoms with Gasteiger partial charge in [0.15, 0.2) is 0 Å². The Kier molecular flexibility index (Phi) is 8.57. The second-order valence-electron chi connectivity index (χ2n) is 9.30. The van der Waals surface area contributed by atoms with E-state index in [4.69, 9.17) is 21.1 Å². The number of anilines is 1. The third kappa shape index (κ3) is 7.75. The lowest BCUT2D eigenvalue weighted by molar-refractivity contribution is -0.274. The van der Waals surface area contributed by atoms with Crippen LogP contribution in [0.4, 0.5) is 23.7 Å². The first kappa shape index (κ1) is 28.1. The molecule has 37 heavy (non-hydrogen) atoms. The molecule has 1 N–H and O–H groups in total. The van der Waals surface area contributed by atoms with Crippen LogP contribution in [0.25, 0.3) is 11.1 Å². The summed E-state index contributed by atoms with van der Waals surface area (Å²) in [5.74, 6) is -1.00. The summed E-state index contributed by atoms with van der Waals surface area (Å²) in [7, 11) is 0. The van der Waals surface area contributed by atoms with Gasteiger partial charge in [-0.25, -0.2) is 4.79 Å². The molecule has 1 fully saturated rings. The van der Waals surface area contributed by atoms with Gasteiger partial charge in [-0.1, -0.05) is 35.9 Å². The highest BCUT2D eigenvalue weighted by atomic mass is 35.5. The number of alkyl halides is 3. The summed E-state index contributed by atoms with van der Waals surface area (Å²) >= 11 is 6.36. The summed E-state index contributed by atoms with van der Waals surface area (Å²) in [6.45, 7) is 5.51. The molecule has 0 unspecified atom stereocenters. The second kappa shape index (κ2) is 11.3. The van der Waals surface area contributed by atoms with Crippen molar-refractivity contribution in [1.29, 1.82) is 0 Å². The summed E-state index contributed by atoms with van der Waals surface area (Å²) in [6, 6.07) is 8.80. The van der Waals surface area contributed by atoms with Crippen molar-refractivity contribution in [1.82, 2.24) is 4.90 Å². The van der Waals surface area contributed by atoms with Crippen LogP contribution in [0.3, 0.4) is 0 Å². The molecule has 1 heterocycles. The lowest BCUT2D eigenvalue weighted by Crippen LogP contribution is -2.54. The minimum Gasteiger partial charge on any atom is -0.464 e. The lowest BCUT2D eigenvalue weighted by Gasteiger charge is -2.38. The first-order valence-corrected chi connectivity index (χ1v) is 11.7. The fraction of sp³-hybridized carbons (Fsp3) is 0.400. The molecule has 2 aromatic carbocycles. The summed E-state index contributed by atoms with van der Waals surface area (Å²) < 4.78 is 53.0. The molecule has 1 aliphatic heterocycles. The number of rotatable bonds is 6. The van der Waals surface area contributed by atoms with Gasteiger partial charge in [0.2, 0.25) is 5.91 Å². The van der Waals surface area contributed by atoms with Gasteiger partial charge in [-0.2, -0.15) is 0 Å². The first-order chi connectivity index (χ1) is 17.3. The smallest absolute Gasteiger partial charge is 0.464 e. The molecule has 0 aliphatic carbocycles. The molecule has 8 nitrogen and oxygen atoms in total. The topological polar surface area (TPSA) is 94.2 Å². The summed E-state index contributed by atoms with van der Waals surface area (Å²) in [5, 5.41) is 2.73. The van der Waals surface area contributed by atoms with E-state index in [2.05, 4.69) is 10.1 Å². The Morgan fingerprint density at radius 1 is 1.11 bits per heavy atom. The normalized spacial score (nSPS) is 18.1. The summed E-state index contributed by atoms with van der Waals surface area (Å²) in [6.07, 6.45) is -5.75. The van der Waals surface area contributed by atoms with E-state index in [1.54, 1.807) is 20.8 Å². The molecule has 0 bridgehead atoms. The average molecular weight is 543 g/mol. The number of nitrogens with zero attached hydrogens (tertiary/aromatic N) is 1. The third-order valence-corrected chi connectivity index (χ3v) is 5.69. The Bertz CT molecular complexity index is 1150. The SMILES string of the molecule is CC(C)(C)OC(=O)N1CC[C@@H](OC=O)C[C@@H]1C(=O)Nc1ccc(-c2ccccc2OC(F)(F)F)c(Cl)c1. The molecule has 2 atom stereocenters. The van der Waals surface area contributed by atoms with Crippen LogP contribution in [-0.2, 0) is 19.1 Å². The predicted octanol–water partition coefficient (Wildman–Crippen LogP) is 5.79. The molecule has 200 valence electrons. The minimum absolute atomic E-state index is 0.0534. The van der Waals surface area contributed by atoms with Gasteiger partial charge in [0, 0.05) is 36.2 Å². The summed E-state index contributed by atoms with van der Waals surface area (Å²) in [5.41, 5.74) is -0.175. The van der Waals surface area contributed by atoms with Crippen molar-refractivity contribution in [2.45, 2.75) is 57.7 Å². The standard InChI is InChI=1S/C25H26ClF3N2O6/c1-24(2,3)37-23(34)31-11-10-16(35-14-32)13-20(31)22(33)30-15-8-9-17(19(26)12-15)18-6-4-5-7-21(18)36-25(27,28)29/h4-9,12,14,16,20H,10-11,13H2,1-3H3,(H,30,33)/t16-,20-/m1/s1. The number of carbonyl (C=O) groups is 3. The number of ether oxygens (including phenoxy) is 3. The molecule has 2 aromatic rings. The Morgan fingerprint density at radius 2 is 1.81 bits per heavy atom. The molecule has 12 heteroatoms. The van der Waals surface area contributed by atoms with Crippen molar-refractivity contribution in [2.75, 3.05) is 11.9 Å². The van der Waals surface area contributed by atoms with E-state index in [9.17, 15) is 27.6 Å². The number of piperidine rings is 1. The molecule has 1 saturated heterocycles. The number of para-hydroxylation sites is 1. The Labute approximate surface area is 216 Å². The van der Waals surface area contributed by atoms with Gasteiger partial charge in [0.1, 0.15) is 23.5 Å². The minimum atomic E-state index is -4.89. The van der Waals surface area contributed by atoms with Gasteiger partial charge in [0.25, 0.3) is 6.47 Å².